The maximum atomic E-state index is 5.84. The first-order chi connectivity index (χ1) is 15.6. The number of nitrogens with zero attached hydrogens (tertiary/aromatic N) is 4. The monoisotopic (exact) mass is 439 g/mol. The van der Waals surface area contributed by atoms with Gasteiger partial charge in [-0.05, 0) is 67.5 Å². The van der Waals surface area contributed by atoms with Crippen LogP contribution in [0.2, 0.25) is 0 Å². The highest BCUT2D eigenvalue weighted by Crippen LogP contribution is 2.42. The molecule has 1 aromatic carbocycles. The van der Waals surface area contributed by atoms with E-state index in [0.717, 1.165) is 34.6 Å². The summed E-state index contributed by atoms with van der Waals surface area (Å²) >= 11 is 5.84. The number of pyridine rings is 2. The number of thiocarbonyl (C=S) groups is 1. The summed E-state index contributed by atoms with van der Waals surface area (Å²) in [5.41, 5.74) is 5.75. The van der Waals surface area contributed by atoms with Crippen molar-refractivity contribution in [3.05, 3.63) is 113 Å². The highest BCUT2D eigenvalue weighted by atomic mass is 32.1. The second-order valence-electron chi connectivity index (χ2n) is 8.09. The summed E-state index contributed by atoms with van der Waals surface area (Å²) in [4.78, 5) is 11.5. The number of aryl methyl sites for hydroxylation is 1. The van der Waals surface area contributed by atoms with Gasteiger partial charge in [-0.15, -0.1) is 0 Å². The van der Waals surface area contributed by atoms with Gasteiger partial charge in [-0.3, -0.25) is 4.98 Å². The zero-order valence-electron chi connectivity index (χ0n) is 18.1. The quantitative estimate of drug-likeness (QED) is 0.441. The van der Waals surface area contributed by atoms with E-state index in [2.05, 4.69) is 75.0 Å². The third-order valence-electron chi connectivity index (χ3n) is 6.06. The lowest BCUT2D eigenvalue weighted by Gasteiger charge is -2.28. The van der Waals surface area contributed by atoms with Crippen LogP contribution in [0.15, 0.2) is 85.2 Å². The fourth-order valence-electron chi connectivity index (χ4n) is 4.62. The maximum Gasteiger partial charge on any atom is 0.170 e. The lowest BCUT2D eigenvalue weighted by atomic mass is 9.96. The van der Waals surface area contributed by atoms with E-state index in [9.17, 15) is 0 Å². The molecule has 0 unspecified atom stereocenters. The van der Waals surface area contributed by atoms with Gasteiger partial charge in [-0.2, -0.15) is 0 Å². The molecule has 0 radical (unpaired) electrons. The number of benzene rings is 1. The molecule has 1 N–H and O–H groups in total. The molecule has 1 saturated heterocycles. The van der Waals surface area contributed by atoms with Crippen LogP contribution in [0.4, 0.5) is 0 Å². The molecule has 160 valence electrons. The lowest BCUT2D eigenvalue weighted by molar-refractivity contribution is 0.310. The Balaban J connectivity index is 1.62. The fourth-order valence-corrected chi connectivity index (χ4v) is 4.93. The third kappa shape index (κ3) is 3.67. The van der Waals surface area contributed by atoms with Gasteiger partial charge in [0.25, 0.3) is 0 Å². The molecule has 1 aliphatic rings. The van der Waals surface area contributed by atoms with Crippen molar-refractivity contribution in [2.45, 2.75) is 32.5 Å². The van der Waals surface area contributed by atoms with E-state index in [1.165, 1.54) is 11.1 Å². The van der Waals surface area contributed by atoms with Crippen molar-refractivity contribution in [1.29, 1.82) is 0 Å². The molecular weight excluding hydrogens is 414 g/mol. The second kappa shape index (κ2) is 8.55. The molecule has 32 heavy (non-hydrogen) atoms. The van der Waals surface area contributed by atoms with Crippen LogP contribution in [0.5, 0.6) is 0 Å². The topological polar surface area (TPSA) is 46.0 Å². The van der Waals surface area contributed by atoms with Crippen LogP contribution in [0, 0.1) is 13.8 Å². The summed E-state index contributed by atoms with van der Waals surface area (Å²) in [6.07, 6.45) is 3.67. The highest BCUT2D eigenvalue weighted by molar-refractivity contribution is 7.80. The van der Waals surface area contributed by atoms with Crippen molar-refractivity contribution >= 4 is 17.3 Å². The van der Waals surface area contributed by atoms with Gasteiger partial charge in [-0.25, -0.2) is 4.98 Å². The Labute approximate surface area is 193 Å². The second-order valence-corrected chi connectivity index (χ2v) is 8.48. The van der Waals surface area contributed by atoms with Crippen LogP contribution in [0.1, 0.15) is 40.3 Å². The van der Waals surface area contributed by atoms with Crippen LogP contribution in [-0.4, -0.2) is 24.5 Å². The SMILES string of the molecule is Cc1cc([C@H]2[C@H](c3ccccn3)NC(=S)N2Cc2ccccc2)c(C)n1-c1ccccn1. The molecule has 5 nitrogen and oxygen atoms in total. The number of aromatic nitrogens is 3. The van der Waals surface area contributed by atoms with Gasteiger partial charge >= 0.3 is 0 Å². The van der Waals surface area contributed by atoms with Crippen molar-refractivity contribution in [3.8, 4) is 5.82 Å². The Bertz CT molecular complexity index is 1220. The Morgan fingerprint density at radius 1 is 0.906 bits per heavy atom. The maximum absolute atomic E-state index is 5.84. The molecule has 0 bridgehead atoms. The number of hydrogen-bond acceptors (Lipinski definition) is 3. The van der Waals surface area contributed by atoms with Crippen molar-refractivity contribution in [2.75, 3.05) is 0 Å². The normalized spacial score (nSPS) is 18.1. The Morgan fingerprint density at radius 2 is 1.62 bits per heavy atom. The van der Waals surface area contributed by atoms with Crippen LogP contribution in [0.3, 0.4) is 0 Å². The summed E-state index contributed by atoms with van der Waals surface area (Å²) in [5.74, 6) is 0.922. The number of hydrogen-bond donors (Lipinski definition) is 1. The van der Waals surface area contributed by atoms with E-state index in [1.54, 1.807) is 0 Å². The molecule has 1 aliphatic heterocycles. The molecule has 5 rings (SSSR count). The largest absolute Gasteiger partial charge is 0.352 e. The highest BCUT2D eigenvalue weighted by Gasteiger charge is 2.41. The zero-order valence-corrected chi connectivity index (χ0v) is 19.0. The molecular formula is C26H25N5S. The fraction of sp³-hybridized carbons (Fsp3) is 0.192. The van der Waals surface area contributed by atoms with E-state index in [1.807, 2.05) is 48.8 Å². The first kappa shape index (κ1) is 20.4. The van der Waals surface area contributed by atoms with E-state index in [4.69, 9.17) is 12.2 Å². The first-order valence-corrected chi connectivity index (χ1v) is 11.2. The third-order valence-corrected chi connectivity index (χ3v) is 6.41. The molecule has 2 atom stereocenters. The molecule has 0 aliphatic carbocycles. The van der Waals surface area contributed by atoms with Crippen molar-refractivity contribution < 1.29 is 0 Å². The molecule has 6 heteroatoms. The first-order valence-electron chi connectivity index (χ1n) is 10.8. The number of rotatable bonds is 5. The average Bonchev–Trinajstić information content (AvgIpc) is 3.30. The minimum absolute atomic E-state index is 0.0151. The van der Waals surface area contributed by atoms with E-state index in [0.29, 0.717) is 0 Å². The Hall–Kier alpha value is -3.51. The summed E-state index contributed by atoms with van der Waals surface area (Å²) in [5, 5.41) is 4.30. The van der Waals surface area contributed by atoms with Crippen LogP contribution < -0.4 is 5.32 Å². The van der Waals surface area contributed by atoms with Gasteiger partial charge in [0.15, 0.2) is 5.11 Å². The van der Waals surface area contributed by atoms with Gasteiger partial charge in [0.1, 0.15) is 5.82 Å². The molecule has 3 aromatic heterocycles. The van der Waals surface area contributed by atoms with Crippen LogP contribution in [-0.2, 0) is 6.54 Å². The predicted octanol–water partition coefficient (Wildman–Crippen LogP) is 5.06. The predicted molar refractivity (Wildman–Crippen MR) is 130 cm³/mol. The van der Waals surface area contributed by atoms with Gasteiger partial charge in [0.05, 0.1) is 17.8 Å². The Kier molecular flexibility index (Phi) is 5.45. The standard InChI is InChI=1S/C26H25N5S/c1-18-16-21(19(2)31(18)23-13-7-9-15-28-23)25-24(22-12-6-8-14-27-22)29-26(32)30(25)17-20-10-4-3-5-11-20/h3-16,24-25H,17H2,1-2H3,(H,29,32)/t24-,25-/m0/s1. The van der Waals surface area contributed by atoms with Gasteiger partial charge in [-0.1, -0.05) is 42.5 Å². The minimum atomic E-state index is -0.0369. The van der Waals surface area contributed by atoms with Crippen LogP contribution >= 0.6 is 12.2 Å². The van der Waals surface area contributed by atoms with Crippen molar-refractivity contribution in [3.63, 3.8) is 0 Å². The lowest BCUT2D eigenvalue weighted by Crippen LogP contribution is -2.29. The molecule has 0 amide bonds. The summed E-state index contributed by atoms with van der Waals surface area (Å²) in [6.45, 7) is 5.02. The van der Waals surface area contributed by atoms with Crippen LogP contribution in [0.25, 0.3) is 5.82 Å². The molecule has 4 heterocycles. The van der Waals surface area contributed by atoms with E-state index in [-0.39, 0.29) is 12.1 Å². The van der Waals surface area contributed by atoms with Gasteiger partial charge in [0, 0.05) is 30.3 Å². The van der Waals surface area contributed by atoms with E-state index >= 15 is 0 Å². The van der Waals surface area contributed by atoms with Gasteiger partial charge in [0.2, 0.25) is 0 Å². The van der Waals surface area contributed by atoms with Gasteiger partial charge < -0.3 is 14.8 Å². The zero-order chi connectivity index (χ0) is 22.1. The van der Waals surface area contributed by atoms with Crippen molar-refractivity contribution in [2.24, 2.45) is 0 Å². The Morgan fingerprint density at radius 3 is 2.31 bits per heavy atom. The summed E-state index contributed by atoms with van der Waals surface area (Å²) < 4.78 is 2.22. The van der Waals surface area contributed by atoms with E-state index < -0.39 is 0 Å². The summed E-state index contributed by atoms with van der Waals surface area (Å²) in [7, 11) is 0. The number of nitrogens with one attached hydrogen (secondary N) is 1. The molecule has 0 saturated carbocycles. The molecule has 1 fully saturated rings. The van der Waals surface area contributed by atoms with Crippen molar-refractivity contribution in [1.82, 2.24) is 24.8 Å². The molecule has 4 aromatic rings. The summed E-state index contributed by atoms with van der Waals surface area (Å²) in [6, 6.07) is 24.7. The molecule has 0 spiro atoms. The minimum Gasteiger partial charge on any atom is -0.352 e. The smallest absolute Gasteiger partial charge is 0.170 e. The average molecular weight is 440 g/mol.